The summed E-state index contributed by atoms with van der Waals surface area (Å²) >= 11 is 9.70. The molecular weight excluding hydrogens is 482 g/mol. The molecule has 3 aromatic rings. The summed E-state index contributed by atoms with van der Waals surface area (Å²) in [4.78, 5) is 11.9. The Kier molecular flexibility index (Phi) is 8.32. The first kappa shape index (κ1) is 22.7. The number of nitrogens with zero attached hydrogens (tertiary/aromatic N) is 1. The summed E-state index contributed by atoms with van der Waals surface area (Å²) in [7, 11) is 1.56. The fourth-order valence-electron chi connectivity index (χ4n) is 2.68. The molecule has 0 aliphatic carbocycles. The van der Waals surface area contributed by atoms with E-state index in [4.69, 9.17) is 21.1 Å². The van der Waals surface area contributed by atoms with Crippen LogP contribution in [0.4, 0.5) is 5.69 Å². The van der Waals surface area contributed by atoms with Crippen molar-refractivity contribution in [3.8, 4) is 11.5 Å². The monoisotopic (exact) mass is 501 g/mol. The number of hydrogen-bond acceptors (Lipinski definition) is 5. The van der Waals surface area contributed by atoms with Crippen LogP contribution in [0.3, 0.4) is 0 Å². The van der Waals surface area contributed by atoms with Crippen LogP contribution >= 0.6 is 27.5 Å². The van der Waals surface area contributed by atoms with Crippen LogP contribution in [-0.4, -0.2) is 25.8 Å². The van der Waals surface area contributed by atoms with Crippen molar-refractivity contribution < 1.29 is 14.3 Å². The fourth-order valence-corrected chi connectivity index (χ4v) is 3.44. The molecule has 0 aliphatic heterocycles. The molecule has 6 nitrogen and oxygen atoms in total. The maximum absolute atomic E-state index is 11.9. The first-order valence-electron chi connectivity index (χ1n) is 9.41. The van der Waals surface area contributed by atoms with Crippen molar-refractivity contribution in [3.05, 3.63) is 87.4 Å². The van der Waals surface area contributed by atoms with Gasteiger partial charge in [0, 0.05) is 16.3 Å². The van der Waals surface area contributed by atoms with Crippen molar-refractivity contribution in [3.63, 3.8) is 0 Å². The van der Waals surface area contributed by atoms with Crippen LogP contribution in [0.25, 0.3) is 0 Å². The lowest BCUT2D eigenvalue weighted by atomic mass is 10.2. The van der Waals surface area contributed by atoms with E-state index in [2.05, 4.69) is 31.8 Å². The zero-order valence-corrected chi connectivity index (χ0v) is 19.1. The second-order valence-electron chi connectivity index (χ2n) is 6.43. The first-order valence-corrected chi connectivity index (χ1v) is 10.6. The molecule has 0 bridgehead atoms. The van der Waals surface area contributed by atoms with Crippen molar-refractivity contribution >= 4 is 45.3 Å². The topological polar surface area (TPSA) is 72.0 Å². The highest BCUT2D eigenvalue weighted by atomic mass is 79.9. The molecular formula is C23H21BrClN3O3. The van der Waals surface area contributed by atoms with Gasteiger partial charge in [0.1, 0.15) is 6.61 Å². The van der Waals surface area contributed by atoms with Gasteiger partial charge in [0.05, 0.1) is 24.3 Å². The van der Waals surface area contributed by atoms with E-state index in [0.29, 0.717) is 27.6 Å². The first-order chi connectivity index (χ1) is 15.1. The quantitative estimate of drug-likeness (QED) is 0.310. The molecule has 160 valence electrons. The van der Waals surface area contributed by atoms with Gasteiger partial charge < -0.3 is 14.8 Å². The lowest BCUT2D eigenvalue weighted by molar-refractivity contribution is -0.119. The van der Waals surface area contributed by atoms with Gasteiger partial charge >= 0.3 is 0 Å². The van der Waals surface area contributed by atoms with Gasteiger partial charge in [0.25, 0.3) is 5.91 Å². The highest BCUT2D eigenvalue weighted by Gasteiger charge is 2.12. The number of rotatable bonds is 9. The Morgan fingerprint density at radius 3 is 2.61 bits per heavy atom. The predicted octanol–water partition coefficient (Wildman–Crippen LogP) is 5.25. The summed E-state index contributed by atoms with van der Waals surface area (Å²) in [5.41, 5.74) is 4.95. The van der Waals surface area contributed by atoms with Gasteiger partial charge in [0.15, 0.2) is 11.5 Å². The molecule has 31 heavy (non-hydrogen) atoms. The Bertz CT molecular complexity index is 1060. The van der Waals surface area contributed by atoms with Gasteiger partial charge in [-0.15, -0.1) is 0 Å². The van der Waals surface area contributed by atoms with E-state index in [9.17, 15) is 4.79 Å². The number of hydrazone groups is 1. The van der Waals surface area contributed by atoms with Gasteiger partial charge in [-0.2, -0.15) is 5.10 Å². The largest absolute Gasteiger partial charge is 0.493 e. The molecule has 0 spiro atoms. The Labute approximate surface area is 194 Å². The Balaban J connectivity index is 1.59. The number of benzene rings is 3. The molecule has 0 saturated heterocycles. The molecule has 2 N–H and O–H groups in total. The van der Waals surface area contributed by atoms with E-state index < -0.39 is 0 Å². The van der Waals surface area contributed by atoms with Crippen molar-refractivity contribution in [2.45, 2.75) is 6.61 Å². The molecule has 1 amide bonds. The molecule has 0 aliphatic rings. The van der Waals surface area contributed by atoms with E-state index in [-0.39, 0.29) is 12.5 Å². The van der Waals surface area contributed by atoms with E-state index in [0.717, 1.165) is 16.8 Å². The number of amides is 1. The van der Waals surface area contributed by atoms with E-state index in [1.165, 1.54) is 6.21 Å². The summed E-state index contributed by atoms with van der Waals surface area (Å²) in [5, 5.41) is 7.66. The molecule has 0 unspecified atom stereocenters. The van der Waals surface area contributed by atoms with Crippen LogP contribution in [-0.2, 0) is 11.4 Å². The van der Waals surface area contributed by atoms with Crippen LogP contribution < -0.4 is 20.2 Å². The number of hydrogen-bond donors (Lipinski definition) is 2. The molecule has 0 aromatic heterocycles. The number of carbonyl (C=O) groups excluding carboxylic acids is 1. The maximum atomic E-state index is 11.9. The summed E-state index contributed by atoms with van der Waals surface area (Å²) in [6.45, 7) is 0.412. The minimum Gasteiger partial charge on any atom is -0.493 e. The highest BCUT2D eigenvalue weighted by Crippen LogP contribution is 2.37. The lowest BCUT2D eigenvalue weighted by Crippen LogP contribution is -2.25. The van der Waals surface area contributed by atoms with E-state index in [1.54, 1.807) is 13.2 Å². The van der Waals surface area contributed by atoms with Crippen LogP contribution in [0.1, 0.15) is 11.1 Å². The van der Waals surface area contributed by atoms with Crippen molar-refractivity contribution in [2.75, 3.05) is 19.0 Å². The number of anilines is 1. The molecule has 3 aromatic carbocycles. The summed E-state index contributed by atoms with van der Waals surface area (Å²) in [5.74, 6) is 0.821. The molecule has 3 rings (SSSR count). The van der Waals surface area contributed by atoms with Gasteiger partial charge in [-0.1, -0.05) is 48.0 Å². The van der Waals surface area contributed by atoms with Crippen LogP contribution in [0, 0.1) is 0 Å². The number of halogens is 2. The number of carbonyl (C=O) groups is 1. The molecule has 0 heterocycles. The number of nitrogens with one attached hydrogen (secondary N) is 2. The highest BCUT2D eigenvalue weighted by molar-refractivity contribution is 9.10. The third-order valence-electron chi connectivity index (χ3n) is 4.21. The number of methoxy groups -OCH3 is 1. The fraction of sp³-hybridized carbons (Fsp3) is 0.130. The molecule has 0 radical (unpaired) electrons. The van der Waals surface area contributed by atoms with Gasteiger partial charge in [-0.25, -0.2) is 5.43 Å². The van der Waals surface area contributed by atoms with Crippen LogP contribution in [0.2, 0.25) is 5.02 Å². The third-order valence-corrected chi connectivity index (χ3v) is 5.17. The van der Waals surface area contributed by atoms with Crippen LogP contribution in [0.5, 0.6) is 11.5 Å². The van der Waals surface area contributed by atoms with Gasteiger partial charge in [0.2, 0.25) is 0 Å². The molecule has 0 fully saturated rings. The zero-order chi connectivity index (χ0) is 22.1. The summed E-state index contributed by atoms with van der Waals surface area (Å²) < 4.78 is 12.1. The Hall–Kier alpha value is -3.03. The molecule has 0 saturated carbocycles. The summed E-state index contributed by atoms with van der Waals surface area (Å²) in [6, 6.07) is 20.5. The summed E-state index contributed by atoms with van der Waals surface area (Å²) in [6.07, 6.45) is 1.53. The van der Waals surface area contributed by atoms with E-state index in [1.807, 2.05) is 60.7 Å². The average molecular weight is 503 g/mol. The number of ether oxygens (including phenoxy) is 2. The van der Waals surface area contributed by atoms with Gasteiger partial charge in [-0.3, -0.25) is 4.79 Å². The van der Waals surface area contributed by atoms with Crippen molar-refractivity contribution in [1.29, 1.82) is 0 Å². The van der Waals surface area contributed by atoms with Crippen LogP contribution in [0.15, 0.2) is 76.3 Å². The van der Waals surface area contributed by atoms with Crippen molar-refractivity contribution in [1.82, 2.24) is 5.43 Å². The van der Waals surface area contributed by atoms with Gasteiger partial charge in [-0.05, 0) is 51.8 Å². The number of para-hydroxylation sites is 1. The normalized spacial score (nSPS) is 10.7. The minimum atomic E-state index is -0.258. The second kappa shape index (κ2) is 11.4. The third kappa shape index (κ3) is 6.73. The standard InChI is InChI=1S/C23H21BrClN3O3/c1-30-21-12-16(13-27-28-22(29)14-26-18-8-3-2-4-9-18)11-19(24)23(21)31-15-17-7-5-6-10-20(17)25/h2-13,26H,14-15H2,1H3,(H,28,29)/b27-13-. The predicted molar refractivity (Wildman–Crippen MR) is 127 cm³/mol. The minimum absolute atomic E-state index is 0.114. The second-order valence-corrected chi connectivity index (χ2v) is 7.69. The van der Waals surface area contributed by atoms with E-state index >= 15 is 0 Å². The lowest BCUT2D eigenvalue weighted by Gasteiger charge is -2.14. The SMILES string of the molecule is COc1cc(/C=N\NC(=O)CNc2ccccc2)cc(Br)c1OCc1ccccc1Cl. The smallest absolute Gasteiger partial charge is 0.259 e. The molecule has 8 heteroatoms. The zero-order valence-electron chi connectivity index (χ0n) is 16.8. The molecule has 0 atom stereocenters. The maximum Gasteiger partial charge on any atom is 0.259 e. The average Bonchev–Trinajstić information content (AvgIpc) is 2.78. The van der Waals surface area contributed by atoms with Crippen molar-refractivity contribution in [2.24, 2.45) is 5.10 Å². The Morgan fingerprint density at radius 1 is 1.13 bits per heavy atom. The Morgan fingerprint density at radius 2 is 1.87 bits per heavy atom.